The smallest absolute Gasteiger partial charge is 0.366 e. The van der Waals surface area contributed by atoms with Gasteiger partial charge in [0, 0.05) is 17.3 Å². The van der Waals surface area contributed by atoms with Crippen LogP contribution in [0.25, 0.3) is 23.0 Å². The van der Waals surface area contributed by atoms with E-state index in [-0.39, 0.29) is 27.8 Å². The van der Waals surface area contributed by atoms with Crippen molar-refractivity contribution < 1.29 is 48.3 Å². The predicted octanol–water partition coefficient (Wildman–Crippen LogP) is 4.85. The standard InChI is InChI=1S/C24H16F8N4O3S/c25-22(26)11-36(12-22)40(38,39)18-3-1-13(2-4-18)19(20(33)37)10-17-5-6-34-21(35-17)14-7-15(23(27,28)29)9-16(8-14)24(30,31)32/h1-10H,11-12H2,(H2,33,37)/b19-10+. The second-order valence-corrected chi connectivity index (χ2v) is 10.6. The Morgan fingerprint density at radius 3 is 1.95 bits per heavy atom. The number of carbonyl (C=O) groups excluding carboxylic acids is 1. The highest BCUT2D eigenvalue weighted by molar-refractivity contribution is 7.89. The number of alkyl halides is 8. The van der Waals surface area contributed by atoms with E-state index in [9.17, 15) is 48.3 Å². The highest BCUT2D eigenvalue weighted by Crippen LogP contribution is 2.38. The van der Waals surface area contributed by atoms with Gasteiger partial charge in [-0.15, -0.1) is 0 Å². The number of aromatic nitrogens is 2. The summed E-state index contributed by atoms with van der Waals surface area (Å²) in [5, 5.41) is 0. The van der Waals surface area contributed by atoms with Crippen molar-refractivity contribution in [2.24, 2.45) is 5.73 Å². The Kier molecular flexibility index (Phi) is 7.21. The Morgan fingerprint density at radius 2 is 1.48 bits per heavy atom. The summed E-state index contributed by atoms with van der Waals surface area (Å²) in [6, 6.07) is 6.51. The Bertz CT molecular complexity index is 1560. The predicted molar refractivity (Wildman–Crippen MR) is 125 cm³/mol. The van der Waals surface area contributed by atoms with E-state index in [1.807, 2.05) is 0 Å². The number of nitrogens with two attached hydrogens (primary N) is 1. The first-order valence-corrected chi connectivity index (χ1v) is 12.4. The zero-order valence-corrected chi connectivity index (χ0v) is 20.6. The molecule has 0 bridgehead atoms. The molecule has 1 amide bonds. The molecule has 1 fully saturated rings. The fraction of sp³-hybridized carbons (Fsp3) is 0.208. The molecular formula is C24H16F8N4O3S. The fourth-order valence-corrected chi connectivity index (χ4v) is 5.21. The third kappa shape index (κ3) is 6.12. The maximum Gasteiger partial charge on any atom is 0.416 e. The van der Waals surface area contributed by atoms with E-state index in [0.717, 1.165) is 24.4 Å². The molecule has 2 heterocycles. The summed E-state index contributed by atoms with van der Waals surface area (Å²) in [5.41, 5.74) is 1.39. The van der Waals surface area contributed by atoms with E-state index in [1.54, 1.807) is 0 Å². The SMILES string of the molecule is NC(=O)/C(=C/c1ccnc(-c2cc(C(F)(F)F)cc(C(F)(F)F)c2)n1)c1ccc(S(=O)(=O)N2CC(F)(F)C2)cc1. The van der Waals surface area contributed by atoms with Crippen molar-refractivity contribution in [1.82, 2.24) is 14.3 Å². The average Bonchev–Trinajstić information content (AvgIpc) is 2.84. The molecule has 1 aliphatic heterocycles. The second-order valence-electron chi connectivity index (χ2n) is 8.68. The number of amides is 1. The number of sulfonamides is 1. The molecule has 0 atom stereocenters. The lowest BCUT2D eigenvalue weighted by Crippen LogP contribution is -2.58. The summed E-state index contributed by atoms with van der Waals surface area (Å²) in [7, 11) is -4.22. The zero-order valence-electron chi connectivity index (χ0n) is 19.8. The number of primary amides is 1. The molecule has 1 aliphatic rings. The van der Waals surface area contributed by atoms with Crippen LogP contribution in [0.5, 0.6) is 0 Å². The summed E-state index contributed by atoms with van der Waals surface area (Å²) in [6.45, 7) is -1.95. The van der Waals surface area contributed by atoms with Crippen LogP contribution in [-0.2, 0) is 27.2 Å². The number of halogens is 8. The van der Waals surface area contributed by atoms with Gasteiger partial charge in [0.1, 0.15) is 0 Å². The first-order valence-electron chi connectivity index (χ1n) is 11.0. The van der Waals surface area contributed by atoms with E-state index in [0.29, 0.717) is 16.4 Å². The van der Waals surface area contributed by atoms with Gasteiger partial charge in [0.05, 0.1) is 34.8 Å². The summed E-state index contributed by atoms with van der Waals surface area (Å²) < 4.78 is 131. The van der Waals surface area contributed by atoms with Crippen LogP contribution in [0.3, 0.4) is 0 Å². The van der Waals surface area contributed by atoms with Crippen LogP contribution in [0.2, 0.25) is 0 Å². The zero-order chi connectivity index (χ0) is 29.7. The number of benzene rings is 2. The molecule has 40 heavy (non-hydrogen) atoms. The molecule has 2 N–H and O–H groups in total. The lowest BCUT2D eigenvalue weighted by Gasteiger charge is -2.37. The minimum absolute atomic E-state index is 0.0458. The topological polar surface area (TPSA) is 106 Å². The highest BCUT2D eigenvalue weighted by atomic mass is 32.2. The van der Waals surface area contributed by atoms with Crippen LogP contribution in [0, 0.1) is 0 Å². The van der Waals surface area contributed by atoms with Gasteiger partial charge in [0.15, 0.2) is 5.82 Å². The molecular weight excluding hydrogens is 576 g/mol. The Hall–Kier alpha value is -3.92. The molecule has 0 spiro atoms. The molecule has 16 heteroatoms. The van der Waals surface area contributed by atoms with E-state index in [1.165, 1.54) is 18.2 Å². The van der Waals surface area contributed by atoms with Crippen molar-refractivity contribution in [3.8, 4) is 11.4 Å². The maximum atomic E-state index is 13.2. The fourth-order valence-electron chi connectivity index (χ4n) is 3.72. The minimum Gasteiger partial charge on any atom is -0.366 e. The van der Waals surface area contributed by atoms with E-state index in [4.69, 9.17) is 5.73 Å². The molecule has 3 aromatic rings. The second kappa shape index (κ2) is 9.92. The first kappa shape index (κ1) is 29.1. The van der Waals surface area contributed by atoms with E-state index >= 15 is 0 Å². The van der Waals surface area contributed by atoms with E-state index < -0.39 is 69.8 Å². The minimum atomic E-state index is -5.09. The molecule has 2 aromatic carbocycles. The number of rotatable bonds is 6. The molecule has 4 rings (SSSR count). The summed E-state index contributed by atoms with van der Waals surface area (Å²) >= 11 is 0. The third-order valence-corrected chi connectivity index (χ3v) is 7.51. The van der Waals surface area contributed by atoms with Crippen molar-refractivity contribution >= 4 is 27.6 Å². The van der Waals surface area contributed by atoms with Gasteiger partial charge in [-0.1, -0.05) is 12.1 Å². The Balaban J connectivity index is 1.69. The van der Waals surface area contributed by atoms with Crippen molar-refractivity contribution in [2.75, 3.05) is 13.1 Å². The molecule has 0 saturated carbocycles. The van der Waals surface area contributed by atoms with Crippen molar-refractivity contribution in [1.29, 1.82) is 0 Å². The van der Waals surface area contributed by atoms with Gasteiger partial charge < -0.3 is 5.73 Å². The summed E-state index contributed by atoms with van der Waals surface area (Å²) in [5.74, 6) is -4.67. The molecule has 1 aromatic heterocycles. The van der Waals surface area contributed by atoms with Crippen molar-refractivity contribution in [3.63, 3.8) is 0 Å². The van der Waals surface area contributed by atoms with Crippen molar-refractivity contribution in [3.05, 3.63) is 77.1 Å². The largest absolute Gasteiger partial charge is 0.416 e. The van der Waals surface area contributed by atoms with Gasteiger partial charge in [0.25, 0.3) is 5.92 Å². The van der Waals surface area contributed by atoms with Gasteiger partial charge in [-0.25, -0.2) is 27.2 Å². The molecule has 0 radical (unpaired) electrons. The van der Waals surface area contributed by atoms with Gasteiger partial charge in [-0.2, -0.15) is 30.6 Å². The van der Waals surface area contributed by atoms with E-state index in [2.05, 4.69) is 9.97 Å². The number of nitrogens with zero attached hydrogens (tertiary/aromatic N) is 3. The van der Waals surface area contributed by atoms with Crippen LogP contribution < -0.4 is 5.73 Å². The van der Waals surface area contributed by atoms with Crippen LogP contribution in [0.15, 0.2) is 59.6 Å². The molecule has 1 saturated heterocycles. The normalized spacial score (nSPS) is 16.4. The van der Waals surface area contributed by atoms with Crippen LogP contribution in [0.4, 0.5) is 35.1 Å². The van der Waals surface area contributed by atoms with Crippen LogP contribution in [0.1, 0.15) is 22.4 Å². The number of hydrogen-bond acceptors (Lipinski definition) is 5. The highest BCUT2D eigenvalue weighted by Gasteiger charge is 2.49. The van der Waals surface area contributed by atoms with Crippen LogP contribution in [-0.4, -0.2) is 47.6 Å². The molecule has 0 aliphatic carbocycles. The number of hydrogen-bond donors (Lipinski definition) is 1. The molecule has 212 valence electrons. The third-order valence-electron chi connectivity index (χ3n) is 5.70. The monoisotopic (exact) mass is 592 g/mol. The summed E-state index contributed by atoms with van der Waals surface area (Å²) in [6.07, 6.45) is -8.07. The van der Waals surface area contributed by atoms with Gasteiger partial charge >= 0.3 is 12.4 Å². The lowest BCUT2D eigenvalue weighted by molar-refractivity contribution is -0.143. The van der Waals surface area contributed by atoms with Crippen LogP contribution >= 0.6 is 0 Å². The average molecular weight is 592 g/mol. The van der Waals surface area contributed by atoms with Crippen molar-refractivity contribution in [2.45, 2.75) is 23.2 Å². The lowest BCUT2D eigenvalue weighted by atomic mass is 10.0. The number of carbonyl (C=O) groups is 1. The van der Waals surface area contributed by atoms with Gasteiger partial charge in [-0.3, -0.25) is 4.79 Å². The summed E-state index contributed by atoms with van der Waals surface area (Å²) in [4.78, 5) is 19.5. The Labute approximate surface area is 221 Å². The van der Waals surface area contributed by atoms with Gasteiger partial charge in [0.2, 0.25) is 15.9 Å². The molecule has 7 nitrogen and oxygen atoms in total. The maximum absolute atomic E-state index is 13.2. The first-order chi connectivity index (χ1) is 18.4. The van der Waals surface area contributed by atoms with Gasteiger partial charge in [-0.05, 0) is 48.0 Å². The Morgan fingerprint density at radius 1 is 0.925 bits per heavy atom. The quantitative estimate of drug-likeness (QED) is 0.326. The molecule has 0 unspecified atom stereocenters.